The van der Waals surface area contributed by atoms with Gasteiger partial charge in [-0.05, 0) is 26.7 Å². The van der Waals surface area contributed by atoms with Crippen LogP contribution in [-0.4, -0.2) is 24.9 Å². The van der Waals surface area contributed by atoms with Crippen LogP contribution in [0.3, 0.4) is 0 Å². The van der Waals surface area contributed by atoms with Crippen LogP contribution in [0.15, 0.2) is 9.59 Å². The van der Waals surface area contributed by atoms with Gasteiger partial charge in [0.15, 0.2) is 5.65 Å². The first-order valence-electron chi connectivity index (χ1n) is 6.57. The lowest BCUT2D eigenvalue weighted by molar-refractivity contribution is -0.117. The van der Waals surface area contributed by atoms with Gasteiger partial charge in [-0.25, -0.2) is 9.78 Å². The Balaban J connectivity index is 2.36. The van der Waals surface area contributed by atoms with Gasteiger partial charge in [0.25, 0.3) is 5.56 Å². The third-order valence-corrected chi connectivity index (χ3v) is 3.26. The fourth-order valence-electron chi connectivity index (χ4n) is 2.21. The van der Waals surface area contributed by atoms with Crippen molar-refractivity contribution in [2.75, 3.05) is 0 Å². The summed E-state index contributed by atoms with van der Waals surface area (Å²) in [6.45, 7) is 3.58. The number of aromatic nitrogens is 4. The number of imidazole rings is 1. The highest BCUT2D eigenvalue weighted by Gasteiger charge is 2.13. The summed E-state index contributed by atoms with van der Waals surface area (Å²) in [6, 6.07) is 0. The number of fused-ring (bicyclic) bond motifs is 1. The van der Waals surface area contributed by atoms with Gasteiger partial charge in [-0.3, -0.25) is 13.9 Å². The van der Waals surface area contributed by atoms with Crippen molar-refractivity contribution in [3.05, 3.63) is 26.7 Å². The average Bonchev–Trinajstić information content (AvgIpc) is 2.77. The number of Topliss-reactive ketones (excluding diaryl/α,β-unsaturated/α-hetero) is 1. The van der Waals surface area contributed by atoms with Crippen LogP contribution in [0.25, 0.3) is 11.2 Å². The minimum Gasteiger partial charge on any atom is -0.336 e. The zero-order chi connectivity index (χ0) is 14.9. The minimum atomic E-state index is -0.378. The van der Waals surface area contributed by atoms with E-state index >= 15 is 0 Å². The predicted molar refractivity (Wildman–Crippen MR) is 74.9 cm³/mol. The summed E-state index contributed by atoms with van der Waals surface area (Å²) in [5.41, 5.74) is -0.0167. The van der Waals surface area contributed by atoms with Crippen LogP contribution < -0.4 is 11.2 Å². The van der Waals surface area contributed by atoms with Crippen LogP contribution >= 0.6 is 0 Å². The number of unbranched alkanes of at least 4 members (excludes halogenated alkanes) is 1. The molecule has 7 heteroatoms. The molecule has 2 aromatic heterocycles. The molecule has 7 nitrogen and oxygen atoms in total. The van der Waals surface area contributed by atoms with Crippen molar-refractivity contribution in [2.45, 2.75) is 39.7 Å². The van der Waals surface area contributed by atoms with E-state index in [-0.39, 0.29) is 17.0 Å². The highest BCUT2D eigenvalue weighted by atomic mass is 16.2. The fourth-order valence-corrected chi connectivity index (χ4v) is 2.21. The van der Waals surface area contributed by atoms with Crippen LogP contribution in [0, 0.1) is 6.92 Å². The summed E-state index contributed by atoms with van der Waals surface area (Å²) in [5, 5.41) is 0. The molecule has 0 atom stereocenters. The van der Waals surface area contributed by atoms with Gasteiger partial charge in [-0.1, -0.05) is 0 Å². The molecule has 2 aromatic rings. The smallest absolute Gasteiger partial charge is 0.332 e. The second-order valence-electron chi connectivity index (χ2n) is 4.98. The molecule has 0 bridgehead atoms. The molecule has 0 aromatic carbocycles. The van der Waals surface area contributed by atoms with Crippen LogP contribution in [0.5, 0.6) is 0 Å². The van der Waals surface area contributed by atoms with Crippen LogP contribution in [-0.2, 0) is 18.4 Å². The Morgan fingerprint density at radius 1 is 1.30 bits per heavy atom. The van der Waals surface area contributed by atoms with Crippen molar-refractivity contribution in [3.8, 4) is 0 Å². The predicted octanol–water partition coefficient (Wildman–Crippen LogP) is 0.491. The van der Waals surface area contributed by atoms with E-state index in [1.165, 1.54) is 16.1 Å². The number of aryl methyl sites for hydroxylation is 2. The Morgan fingerprint density at radius 2 is 2.00 bits per heavy atom. The number of rotatable bonds is 5. The Kier molecular flexibility index (Phi) is 3.87. The molecule has 0 amide bonds. The van der Waals surface area contributed by atoms with Crippen LogP contribution in [0.4, 0.5) is 0 Å². The number of hydrogen-bond donors (Lipinski definition) is 1. The topological polar surface area (TPSA) is 89.8 Å². The molecule has 0 aliphatic heterocycles. The number of nitrogens with zero attached hydrogens (tertiary/aromatic N) is 3. The number of hydrogen-bond acceptors (Lipinski definition) is 4. The minimum absolute atomic E-state index is 0.116. The quantitative estimate of drug-likeness (QED) is 0.806. The van der Waals surface area contributed by atoms with E-state index in [0.717, 1.165) is 0 Å². The molecular weight excluding hydrogens is 260 g/mol. The molecule has 0 spiro atoms. The molecule has 2 rings (SSSR count). The monoisotopic (exact) mass is 278 g/mol. The summed E-state index contributed by atoms with van der Waals surface area (Å²) in [6.07, 6.45) is 1.76. The zero-order valence-corrected chi connectivity index (χ0v) is 11.9. The van der Waals surface area contributed by atoms with Crippen molar-refractivity contribution in [2.24, 2.45) is 7.05 Å². The molecule has 20 heavy (non-hydrogen) atoms. The SMILES string of the molecule is CC(=O)CCCCn1c(=O)c2[nH]c(C)nc2n(C)c1=O. The second kappa shape index (κ2) is 5.44. The summed E-state index contributed by atoms with van der Waals surface area (Å²) < 4.78 is 2.56. The molecule has 0 aliphatic carbocycles. The Morgan fingerprint density at radius 3 is 2.65 bits per heavy atom. The molecule has 0 unspecified atom stereocenters. The summed E-state index contributed by atoms with van der Waals surface area (Å²) in [5.74, 6) is 0.714. The molecule has 2 heterocycles. The number of H-pyrrole nitrogens is 1. The van der Waals surface area contributed by atoms with Gasteiger partial charge in [-0.2, -0.15) is 0 Å². The summed E-state index contributed by atoms with van der Waals surface area (Å²) in [7, 11) is 1.59. The third kappa shape index (κ3) is 2.56. The Bertz CT molecular complexity index is 766. The molecule has 0 saturated carbocycles. The molecule has 0 fully saturated rings. The van der Waals surface area contributed by atoms with Crippen molar-refractivity contribution in [3.63, 3.8) is 0 Å². The molecule has 1 N–H and O–H groups in total. The molecule has 0 saturated heterocycles. The lowest BCUT2D eigenvalue weighted by Gasteiger charge is -2.07. The maximum absolute atomic E-state index is 12.3. The maximum Gasteiger partial charge on any atom is 0.332 e. The first kappa shape index (κ1) is 14.2. The molecule has 0 radical (unpaired) electrons. The maximum atomic E-state index is 12.3. The van der Waals surface area contributed by atoms with E-state index in [9.17, 15) is 14.4 Å². The summed E-state index contributed by atoms with van der Waals surface area (Å²) in [4.78, 5) is 42.3. The first-order chi connectivity index (χ1) is 9.41. The van der Waals surface area contributed by atoms with E-state index in [2.05, 4.69) is 9.97 Å². The van der Waals surface area contributed by atoms with Gasteiger partial charge < -0.3 is 9.78 Å². The van der Waals surface area contributed by atoms with Gasteiger partial charge in [-0.15, -0.1) is 0 Å². The lowest BCUT2D eigenvalue weighted by Crippen LogP contribution is -2.39. The number of aromatic amines is 1. The zero-order valence-electron chi connectivity index (χ0n) is 11.9. The molecular formula is C13H18N4O3. The van der Waals surface area contributed by atoms with Crippen molar-refractivity contribution >= 4 is 16.9 Å². The van der Waals surface area contributed by atoms with Crippen molar-refractivity contribution in [1.82, 2.24) is 19.1 Å². The van der Waals surface area contributed by atoms with Crippen molar-refractivity contribution in [1.29, 1.82) is 0 Å². The highest BCUT2D eigenvalue weighted by molar-refractivity contribution is 5.75. The Hall–Kier alpha value is -2.18. The van der Waals surface area contributed by atoms with E-state index in [1.807, 2.05) is 0 Å². The molecule has 0 aliphatic rings. The van der Waals surface area contributed by atoms with Crippen LogP contribution in [0.2, 0.25) is 0 Å². The van der Waals surface area contributed by atoms with E-state index < -0.39 is 0 Å². The highest BCUT2D eigenvalue weighted by Crippen LogP contribution is 2.04. The Labute approximate surface area is 115 Å². The standard InChI is InChI=1S/C13H18N4O3/c1-8(18)6-4-5-7-17-12(19)10-11(15-9(2)14-10)16(3)13(17)20/h4-7H2,1-3H3,(H,14,15). The lowest BCUT2D eigenvalue weighted by atomic mass is 10.2. The average molecular weight is 278 g/mol. The van der Waals surface area contributed by atoms with Gasteiger partial charge in [0.05, 0.1) is 0 Å². The van der Waals surface area contributed by atoms with Crippen LogP contribution in [0.1, 0.15) is 32.0 Å². The molecule has 108 valence electrons. The third-order valence-electron chi connectivity index (χ3n) is 3.26. The van der Waals surface area contributed by atoms with Gasteiger partial charge in [0, 0.05) is 20.0 Å². The largest absolute Gasteiger partial charge is 0.336 e. The van der Waals surface area contributed by atoms with Gasteiger partial charge in [0.1, 0.15) is 17.1 Å². The van der Waals surface area contributed by atoms with E-state index in [1.54, 1.807) is 14.0 Å². The first-order valence-corrected chi connectivity index (χ1v) is 6.57. The van der Waals surface area contributed by atoms with Gasteiger partial charge >= 0.3 is 5.69 Å². The number of ketones is 1. The van der Waals surface area contributed by atoms with E-state index in [4.69, 9.17) is 0 Å². The van der Waals surface area contributed by atoms with Gasteiger partial charge in [0.2, 0.25) is 0 Å². The van der Waals surface area contributed by atoms with Crippen molar-refractivity contribution < 1.29 is 4.79 Å². The number of carbonyl (C=O) groups is 1. The number of carbonyl (C=O) groups excluding carboxylic acids is 1. The second-order valence-corrected chi connectivity index (χ2v) is 4.98. The fraction of sp³-hybridized carbons (Fsp3) is 0.538. The normalized spacial score (nSPS) is 11.2. The summed E-state index contributed by atoms with van der Waals surface area (Å²) >= 11 is 0. The number of nitrogens with one attached hydrogen (secondary N) is 1. The van der Waals surface area contributed by atoms with E-state index in [0.29, 0.717) is 42.8 Å².